The van der Waals surface area contributed by atoms with Crippen LogP contribution in [-0.4, -0.2) is 0 Å². The van der Waals surface area contributed by atoms with Crippen molar-refractivity contribution in [3.8, 4) is 0 Å². The van der Waals surface area contributed by atoms with Crippen LogP contribution in [0.3, 0.4) is 0 Å². The first-order valence-electron chi connectivity index (χ1n) is 9.57. The van der Waals surface area contributed by atoms with Gasteiger partial charge < -0.3 is 0 Å². The van der Waals surface area contributed by atoms with Crippen molar-refractivity contribution < 1.29 is 0 Å². The van der Waals surface area contributed by atoms with Crippen LogP contribution in [0.4, 0.5) is 0 Å². The summed E-state index contributed by atoms with van der Waals surface area (Å²) in [6.07, 6.45) is 0. The van der Waals surface area contributed by atoms with Gasteiger partial charge in [0, 0.05) is 31.1 Å². The Labute approximate surface area is 186 Å². The third-order valence-corrected chi connectivity index (χ3v) is 7.45. The van der Waals surface area contributed by atoms with Gasteiger partial charge in [0.05, 0.1) is 0 Å². The van der Waals surface area contributed by atoms with E-state index in [0.29, 0.717) is 0 Å². The maximum absolute atomic E-state index is 2.25. The summed E-state index contributed by atoms with van der Waals surface area (Å²) in [5, 5.41) is 0. The molecule has 0 heterocycles. The lowest BCUT2D eigenvalue weighted by Crippen LogP contribution is -1.84. The Morgan fingerprint density at radius 1 is 0.379 bits per heavy atom. The maximum Gasteiger partial charge on any atom is 0.0187 e. The lowest BCUT2D eigenvalue weighted by Gasteiger charge is -2.06. The van der Waals surface area contributed by atoms with Crippen LogP contribution >= 0.6 is 35.3 Å². The molecule has 0 fully saturated rings. The highest BCUT2D eigenvalue weighted by Crippen LogP contribution is 2.30. The fourth-order valence-electron chi connectivity index (χ4n) is 2.84. The van der Waals surface area contributed by atoms with Gasteiger partial charge in [-0.1, -0.05) is 84.2 Å². The first kappa shape index (κ1) is 20.2. The van der Waals surface area contributed by atoms with Crippen molar-refractivity contribution in [3.63, 3.8) is 0 Å². The second kappa shape index (κ2) is 10.6. The Hall–Kier alpha value is -2.07. The molecular weight excluding hydrogens is 408 g/mol. The maximum atomic E-state index is 2.25. The third-order valence-electron chi connectivity index (χ3n) is 4.34. The summed E-state index contributed by atoms with van der Waals surface area (Å²) in [5.74, 6) is 2.08. The number of hydrogen-bond acceptors (Lipinski definition) is 3. The zero-order chi connectivity index (χ0) is 19.7. The van der Waals surface area contributed by atoms with Gasteiger partial charge in [0.2, 0.25) is 0 Å². The van der Waals surface area contributed by atoms with Crippen LogP contribution in [0.15, 0.2) is 129 Å². The second-order valence-corrected chi connectivity index (χ2v) is 9.89. The second-order valence-electron chi connectivity index (χ2n) is 6.61. The van der Waals surface area contributed by atoms with E-state index in [0.717, 1.165) is 11.5 Å². The highest BCUT2D eigenvalue weighted by molar-refractivity contribution is 7.99. The average Bonchev–Trinajstić information content (AvgIpc) is 2.78. The van der Waals surface area contributed by atoms with Crippen LogP contribution in [0.5, 0.6) is 0 Å². The minimum absolute atomic E-state index is 1.04. The summed E-state index contributed by atoms with van der Waals surface area (Å²) in [6, 6.07) is 38.9. The van der Waals surface area contributed by atoms with Crippen LogP contribution in [0, 0.1) is 0 Å². The van der Waals surface area contributed by atoms with Crippen LogP contribution in [0.2, 0.25) is 0 Å². The SMILES string of the molecule is c1ccc(Sc2ccc(CSCc3ccc(Sc4ccccc4)cc3)cc2)cc1. The van der Waals surface area contributed by atoms with Gasteiger partial charge in [-0.25, -0.2) is 0 Å². The molecule has 29 heavy (non-hydrogen) atoms. The summed E-state index contributed by atoms with van der Waals surface area (Å²) >= 11 is 5.59. The van der Waals surface area contributed by atoms with Crippen molar-refractivity contribution in [3.05, 3.63) is 120 Å². The quantitative estimate of drug-likeness (QED) is 0.275. The van der Waals surface area contributed by atoms with Gasteiger partial charge in [-0.2, -0.15) is 11.8 Å². The van der Waals surface area contributed by atoms with Gasteiger partial charge in [-0.15, -0.1) is 0 Å². The zero-order valence-corrected chi connectivity index (χ0v) is 18.5. The third kappa shape index (κ3) is 6.46. The molecule has 0 aromatic heterocycles. The normalized spacial score (nSPS) is 10.8. The molecule has 4 rings (SSSR count). The summed E-state index contributed by atoms with van der Waals surface area (Å²) in [4.78, 5) is 5.14. The monoisotopic (exact) mass is 430 g/mol. The predicted octanol–water partition coefficient (Wildman–Crippen LogP) is 8.42. The molecule has 0 bridgehead atoms. The minimum Gasteiger partial charge on any atom is -0.152 e. The van der Waals surface area contributed by atoms with E-state index >= 15 is 0 Å². The summed E-state index contributed by atoms with van der Waals surface area (Å²) in [5.41, 5.74) is 2.76. The molecule has 0 amide bonds. The van der Waals surface area contributed by atoms with Crippen molar-refractivity contribution in [2.24, 2.45) is 0 Å². The largest absolute Gasteiger partial charge is 0.152 e. The molecule has 0 unspecified atom stereocenters. The summed E-state index contributed by atoms with van der Waals surface area (Å²) < 4.78 is 0. The fourth-order valence-corrected chi connectivity index (χ4v) is 5.48. The first-order chi connectivity index (χ1) is 14.3. The summed E-state index contributed by atoms with van der Waals surface area (Å²) in [6.45, 7) is 0. The Morgan fingerprint density at radius 2 is 0.724 bits per heavy atom. The Kier molecular flexibility index (Phi) is 7.41. The number of benzene rings is 4. The smallest absolute Gasteiger partial charge is 0.0187 e. The van der Waals surface area contributed by atoms with Crippen LogP contribution in [0.25, 0.3) is 0 Å². The lowest BCUT2D eigenvalue weighted by atomic mass is 10.2. The highest BCUT2D eigenvalue weighted by atomic mass is 32.2. The number of hydrogen-bond donors (Lipinski definition) is 0. The minimum atomic E-state index is 1.04. The first-order valence-corrected chi connectivity index (χ1v) is 12.4. The molecule has 0 aliphatic rings. The van der Waals surface area contributed by atoms with E-state index in [9.17, 15) is 0 Å². The lowest BCUT2D eigenvalue weighted by molar-refractivity contribution is 1.31. The molecule has 4 aromatic carbocycles. The standard InChI is InChI=1S/C26H22S3/c1-3-7-23(8-4-1)28-25-15-11-21(12-16-25)19-27-20-22-13-17-26(18-14-22)29-24-9-5-2-6-10-24/h1-18H,19-20H2. The average molecular weight is 431 g/mol. The van der Waals surface area contributed by atoms with Crippen molar-refractivity contribution >= 4 is 35.3 Å². The van der Waals surface area contributed by atoms with Gasteiger partial charge in [0.1, 0.15) is 0 Å². The zero-order valence-electron chi connectivity index (χ0n) is 16.0. The molecule has 0 nitrogen and oxygen atoms in total. The van der Waals surface area contributed by atoms with E-state index in [2.05, 4.69) is 109 Å². The highest BCUT2D eigenvalue weighted by Gasteiger charge is 2.01. The molecule has 0 spiro atoms. The molecule has 0 aliphatic heterocycles. The molecule has 0 N–H and O–H groups in total. The van der Waals surface area contributed by atoms with Gasteiger partial charge in [-0.05, 0) is 59.7 Å². The Bertz CT molecular complexity index is 910. The Balaban J connectivity index is 1.24. The van der Waals surface area contributed by atoms with Gasteiger partial charge >= 0.3 is 0 Å². The molecule has 4 aromatic rings. The fraction of sp³-hybridized carbons (Fsp3) is 0.0769. The molecule has 0 aliphatic carbocycles. The molecule has 0 radical (unpaired) electrons. The van der Waals surface area contributed by atoms with Gasteiger partial charge in [0.25, 0.3) is 0 Å². The molecule has 0 saturated carbocycles. The number of thioether (sulfide) groups is 1. The predicted molar refractivity (Wildman–Crippen MR) is 129 cm³/mol. The van der Waals surface area contributed by atoms with E-state index < -0.39 is 0 Å². The van der Waals surface area contributed by atoms with E-state index in [-0.39, 0.29) is 0 Å². The van der Waals surface area contributed by atoms with Gasteiger partial charge in [-0.3, -0.25) is 0 Å². The van der Waals surface area contributed by atoms with Crippen LogP contribution in [-0.2, 0) is 11.5 Å². The Morgan fingerprint density at radius 3 is 1.10 bits per heavy atom. The van der Waals surface area contributed by atoms with Gasteiger partial charge in [0.15, 0.2) is 0 Å². The topological polar surface area (TPSA) is 0 Å². The van der Waals surface area contributed by atoms with Crippen molar-refractivity contribution in [2.45, 2.75) is 31.1 Å². The van der Waals surface area contributed by atoms with E-state index in [1.807, 2.05) is 35.3 Å². The molecule has 144 valence electrons. The van der Waals surface area contributed by atoms with E-state index in [1.165, 1.54) is 30.7 Å². The molecule has 0 saturated heterocycles. The van der Waals surface area contributed by atoms with Crippen molar-refractivity contribution in [2.75, 3.05) is 0 Å². The van der Waals surface area contributed by atoms with E-state index in [4.69, 9.17) is 0 Å². The van der Waals surface area contributed by atoms with Crippen molar-refractivity contribution in [1.82, 2.24) is 0 Å². The van der Waals surface area contributed by atoms with E-state index in [1.54, 1.807) is 0 Å². The van der Waals surface area contributed by atoms with Crippen molar-refractivity contribution in [1.29, 1.82) is 0 Å². The van der Waals surface area contributed by atoms with Crippen LogP contribution < -0.4 is 0 Å². The molecule has 0 atom stereocenters. The molecular formula is C26H22S3. The summed E-state index contributed by atoms with van der Waals surface area (Å²) in [7, 11) is 0. The molecule has 3 heteroatoms. The van der Waals surface area contributed by atoms with Crippen LogP contribution in [0.1, 0.15) is 11.1 Å². The number of rotatable bonds is 8.